The van der Waals surface area contributed by atoms with Crippen LogP contribution in [0, 0.1) is 0 Å². The van der Waals surface area contributed by atoms with Crippen LogP contribution >= 0.6 is 0 Å². The summed E-state index contributed by atoms with van der Waals surface area (Å²) in [7, 11) is 1.49. The molecule has 0 saturated heterocycles. The first-order valence-electron chi connectivity index (χ1n) is 7.53. The second-order valence-electron chi connectivity index (χ2n) is 5.38. The summed E-state index contributed by atoms with van der Waals surface area (Å²) in [5.74, 6) is -0.0159. The number of para-hydroxylation sites is 1. The second-order valence-corrected chi connectivity index (χ2v) is 5.38. The Morgan fingerprint density at radius 3 is 2.65 bits per heavy atom. The van der Waals surface area contributed by atoms with Gasteiger partial charge in [-0.25, -0.2) is 0 Å². The highest BCUT2D eigenvalue weighted by Gasteiger charge is 2.28. The summed E-state index contributed by atoms with van der Waals surface area (Å²) in [6.07, 6.45) is -4.44. The molecule has 0 bridgehead atoms. The van der Waals surface area contributed by atoms with Crippen molar-refractivity contribution in [2.45, 2.75) is 6.18 Å². The van der Waals surface area contributed by atoms with Crippen LogP contribution in [0.5, 0.6) is 11.5 Å². The molecule has 1 heterocycles. The predicted molar refractivity (Wildman–Crippen MR) is 88.7 cm³/mol. The number of carbonyl (C=O) groups is 1. The lowest BCUT2D eigenvalue weighted by Gasteiger charge is -2.10. The molecule has 8 heteroatoms. The van der Waals surface area contributed by atoms with E-state index in [0.717, 1.165) is 0 Å². The van der Waals surface area contributed by atoms with Crippen molar-refractivity contribution >= 4 is 22.6 Å². The lowest BCUT2D eigenvalue weighted by atomic mass is 10.2. The number of halogens is 3. The van der Waals surface area contributed by atoms with Crippen molar-refractivity contribution in [2.75, 3.05) is 19.0 Å². The summed E-state index contributed by atoms with van der Waals surface area (Å²) in [6, 6.07) is 12.5. The fourth-order valence-electron chi connectivity index (χ4n) is 2.33. The van der Waals surface area contributed by atoms with Gasteiger partial charge in [0.25, 0.3) is 5.91 Å². The minimum Gasteiger partial charge on any atom is -0.493 e. The molecule has 0 aliphatic carbocycles. The average molecular weight is 365 g/mol. The zero-order valence-electron chi connectivity index (χ0n) is 13.6. The van der Waals surface area contributed by atoms with E-state index < -0.39 is 18.7 Å². The quantitative estimate of drug-likeness (QED) is 0.716. The Morgan fingerprint density at radius 2 is 1.92 bits per heavy atom. The van der Waals surface area contributed by atoms with E-state index in [9.17, 15) is 18.0 Å². The van der Waals surface area contributed by atoms with Crippen molar-refractivity contribution in [2.24, 2.45) is 0 Å². The summed E-state index contributed by atoms with van der Waals surface area (Å²) >= 11 is 0. The number of alkyl halides is 3. The number of anilines is 1. The highest BCUT2D eigenvalue weighted by molar-refractivity contribution is 6.05. The van der Waals surface area contributed by atoms with Crippen molar-refractivity contribution in [3.63, 3.8) is 0 Å². The third kappa shape index (κ3) is 4.08. The molecule has 0 saturated carbocycles. The zero-order chi connectivity index (χ0) is 18.7. The maximum atomic E-state index is 12.3. The number of benzene rings is 2. The number of hydrogen-bond acceptors (Lipinski definition) is 4. The van der Waals surface area contributed by atoms with Gasteiger partial charge in [0.05, 0.1) is 7.11 Å². The number of rotatable bonds is 5. The van der Waals surface area contributed by atoms with Gasteiger partial charge in [-0.05, 0) is 24.3 Å². The highest BCUT2D eigenvalue weighted by atomic mass is 19.4. The molecule has 1 N–H and O–H groups in total. The van der Waals surface area contributed by atoms with Gasteiger partial charge >= 0.3 is 6.18 Å². The van der Waals surface area contributed by atoms with E-state index in [2.05, 4.69) is 10.1 Å². The van der Waals surface area contributed by atoms with E-state index in [-0.39, 0.29) is 17.2 Å². The van der Waals surface area contributed by atoms with Crippen LogP contribution in [0.4, 0.5) is 18.9 Å². The summed E-state index contributed by atoms with van der Waals surface area (Å²) in [5.41, 5.74) is 0.713. The van der Waals surface area contributed by atoms with Crippen molar-refractivity contribution in [1.82, 2.24) is 0 Å². The average Bonchev–Trinajstić information content (AvgIpc) is 3.04. The van der Waals surface area contributed by atoms with Crippen molar-refractivity contribution in [3.8, 4) is 11.5 Å². The molecule has 26 heavy (non-hydrogen) atoms. The van der Waals surface area contributed by atoms with Crippen LogP contribution in [0.3, 0.4) is 0 Å². The SMILES string of the molecule is COc1cccc2cc(C(=O)Nc3cccc(OCC(F)(F)F)c3)oc12. The lowest BCUT2D eigenvalue weighted by Crippen LogP contribution is -2.19. The van der Waals surface area contributed by atoms with Gasteiger partial charge in [0.15, 0.2) is 23.7 Å². The molecule has 0 radical (unpaired) electrons. The maximum absolute atomic E-state index is 12.3. The Hall–Kier alpha value is -3.16. The molecule has 0 unspecified atom stereocenters. The van der Waals surface area contributed by atoms with Crippen LogP contribution in [0.2, 0.25) is 0 Å². The van der Waals surface area contributed by atoms with Crippen LogP contribution in [0.25, 0.3) is 11.0 Å². The summed E-state index contributed by atoms with van der Waals surface area (Å²) in [5, 5.41) is 3.25. The van der Waals surface area contributed by atoms with Crippen LogP contribution in [0.15, 0.2) is 52.9 Å². The molecular weight excluding hydrogens is 351 g/mol. The lowest BCUT2D eigenvalue weighted by molar-refractivity contribution is -0.153. The van der Waals surface area contributed by atoms with Crippen LogP contribution in [0.1, 0.15) is 10.6 Å². The van der Waals surface area contributed by atoms with Gasteiger partial charge in [0, 0.05) is 17.1 Å². The standard InChI is InChI=1S/C18H14F3NO4/c1-24-14-7-2-4-11-8-15(26-16(11)14)17(23)22-12-5-3-6-13(9-12)25-10-18(19,20)21/h2-9H,10H2,1H3,(H,22,23). The normalized spacial score (nSPS) is 11.4. The van der Waals surface area contributed by atoms with Gasteiger partial charge in [-0.1, -0.05) is 18.2 Å². The zero-order valence-corrected chi connectivity index (χ0v) is 13.6. The topological polar surface area (TPSA) is 60.7 Å². The first-order chi connectivity index (χ1) is 12.4. The molecule has 0 aliphatic heterocycles. The number of ether oxygens (including phenoxy) is 2. The summed E-state index contributed by atoms with van der Waals surface area (Å²) in [6.45, 7) is -1.41. The van der Waals surface area contributed by atoms with Gasteiger partial charge in [-0.2, -0.15) is 13.2 Å². The Bertz CT molecular complexity index is 934. The number of fused-ring (bicyclic) bond motifs is 1. The van der Waals surface area contributed by atoms with Crippen LogP contribution < -0.4 is 14.8 Å². The van der Waals surface area contributed by atoms with Gasteiger partial charge < -0.3 is 19.2 Å². The molecule has 0 aliphatic rings. The molecule has 0 fully saturated rings. The largest absolute Gasteiger partial charge is 0.493 e. The molecule has 0 atom stereocenters. The predicted octanol–water partition coefficient (Wildman–Crippen LogP) is 4.63. The fraction of sp³-hybridized carbons (Fsp3) is 0.167. The Balaban J connectivity index is 1.76. The monoisotopic (exact) mass is 365 g/mol. The molecule has 1 aromatic heterocycles. The highest BCUT2D eigenvalue weighted by Crippen LogP contribution is 2.29. The molecule has 3 aromatic rings. The molecule has 136 valence electrons. The fourth-order valence-corrected chi connectivity index (χ4v) is 2.33. The molecule has 5 nitrogen and oxygen atoms in total. The Kier molecular flexibility index (Phi) is 4.75. The first-order valence-corrected chi connectivity index (χ1v) is 7.53. The number of hydrogen-bond donors (Lipinski definition) is 1. The maximum Gasteiger partial charge on any atom is 0.422 e. The number of furan rings is 1. The smallest absolute Gasteiger partial charge is 0.422 e. The van der Waals surface area contributed by atoms with Crippen molar-refractivity contribution in [3.05, 3.63) is 54.3 Å². The number of carbonyl (C=O) groups excluding carboxylic acids is 1. The van der Waals surface area contributed by atoms with Gasteiger partial charge in [0.1, 0.15) is 5.75 Å². The van der Waals surface area contributed by atoms with Gasteiger partial charge in [-0.3, -0.25) is 4.79 Å². The van der Waals surface area contributed by atoms with Crippen LogP contribution in [-0.2, 0) is 0 Å². The molecular formula is C18H14F3NO4. The number of amides is 1. The minimum absolute atomic E-state index is 0.00796. The Labute approximate surface area is 146 Å². The first kappa shape index (κ1) is 17.7. The Morgan fingerprint density at radius 1 is 1.15 bits per heavy atom. The molecule has 2 aromatic carbocycles. The second kappa shape index (κ2) is 6.99. The van der Waals surface area contributed by atoms with Crippen LogP contribution in [-0.4, -0.2) is 25.8 Å². The van der Waals surface area contributed by atoms with Gasteiger partial charge in [-0.15, -0.1) is 0 Å². The van der Waals surface area contributed by atoms with E-state index in [0.29, 0.717) is 16.7 Å². The van der Waals surface area contributed by atoms with E-state index >= 15 is 0 Å². The third-order valence-electron chi connectivity index (χ3n) is 3.45. The van der Waals surface area contributed by atoms with Crippen molar-refractivity contribution < 1.29 is 31.9 Å². The third-order valence-corrected chi connectivity index (χ3v) is 3.45. The van der Waals surface area contributed by atoms with E-state index in [1.165, 1.54) is 31.4 Å². The minimum atomic E-state index is -4.44. The number of methoxy groups -OCH3 is 1. The summed E-state index contributed by atoms with van der Waals surface area (Å²) < 4.78 is 52.0. The molecule has 1 amide bonds. The van der Waals surface area contributed by atoms with E-state index in [1.54, 1.807) is 24.3 Å². The van der Waals surface area contributed by atoms with E-state index in [1.807, 2.05) is 0 Å². The number of nitrogens with one attached hydrogen (secondary N) is 1. The van der Waals surface area contributed by atoms with E-state index in [4.69, 9.17) is 9.15 Å². The molecule has 3 rings (SSSR count). The molecule has 0 spiro atoms. The summed E-state index contributed by atoms with van der Waals surface area (Å²) in [4.78, 5) is 12.3. The van der Waals surface area contributed by atoms with Crippen molar-refractivity contribution in [1.29, 1.82) is 0 Å². The van der Waals surface area contributed by atoms with Gasteiger partial charge in [0.2, 0.25) is 0 Å².